The lowest BCUT2D eigenvalue weighted by Gasteiger charge is -2.03. The van der Waals surface area contributed by atoms with E-state index >= 15 is 0 Å². The summed E-state index contributed by atoms with van der Waals surface area (Å²) in [6.45, 7) is 1.65. The van der Waals surface area contributed by atoms with Crippen LogP contribution in [0.1, 0.15) is 12.5 Å². The normalized spacial score (nSPS) is 8.33. The fourth-order valence-corrected chi connectivity index (χ4v) is 0.775. The minimum absolute atomic E-state index is 0. The molecular weight excluding hydrogens is 220 g/mol. The quantitative estimate of drug-likeness (QED) is 0.613. The first-order valence-corrected chi connectivity index (χ1v) is 3.87. The van der Waals surface area contributed by atoms with Crippen LogP contribution in [-0.2, 0) is 21.1 Å². The number of carbonyl (C=O) groups excluding carboxylic acids is 1. The van der Waals surface area contributed by atoms with Crippen LogP contribution in [0.2, 0.25) is 0 Å². The van der Waals surface area contributed by atoms with Crippen molar-refractivity contribution in [3.63, 3.8) is 0 Å². The van der Waals surface area contributed by atoms with Crippen molar-refractivity contribution in [1.82, 2.24) is 11.8 Å². The predicted molar refractivity (Wildman–Crippen MR) is 58.4 cm³/mol. The Hall–Kier alpha value is -1.14. The molecule has 0 unspecified atom stereocenters. The third-order valence-corrected chi connectivity index (χ3v) is 1.33. The Kier molecular flexibility index (Phi) is 10.2. The van der Waals surface area contributed by atoms with Gasteiger partial charge in [-0.2, -0.15) is 0 Å². The van der Waals surface area contributed by atoms with E-state index in [4.69, 9.17) is 4.84 Å². The van der Waals surface area contributed by atoms with E-state index in [9.17, 15) is 4.79 Å². The molecule has 0 heterocycles. The van der Waals surface area contributed by atoms with E-state index in [1.165, 1.54) is 6.92 Å². The molecule has 0 amide bonds. The lowest BCUT2D eigenvalue weighted by atomic mass is 10.2. The zero-order chi connectivity index (χ0) is 9.52. The van der Waals surface area contributed by atoms with Crippen LogP contribution in [0.4, 0.5) is 0 Å². The predicted octanol–water partition coefficient (Wildman–Crippen LogP) is 1.77. The number of benzene rings is 1. The maximum atomic E-state index is 10.3. The molecule has 0 spiro atoms. The monoisotopic (exact) mass is 234 g/mol. The standard InChI is InChI=1S/C9H11NO3.ClH.H3N/c1-8(11)13-10-12-7-9-5-3-2-4-6-9;;/h2-6,10H,7H2,1H3;1H;1H3. The van der Waals surface area contributed by atoms with Crippen LogP contribution in [0, 0.1) is 0 Å². The van der Waals surface area contributed by atoms with Crippen molar-refractivity contribution < 1.29 is 14.5 Å². The van der Waals surface area contributed by atoms with Gasteiger partial charge in [-0.15, -0.1) is 12.4 Å². The van der Waals surface area contributed by atoms with Gasteiger partial charge in [0.05, 0.1) is 6.61 Å². The molecule has 0 aliphatic heterocycles. The Bertz CT molecular complexity index is 269. The van der Waals surface area contributed by atoms with Crippen LogP contribution in [0.15, 0.2) is 30.3 Å². The third-order valence-electron chi connectivity index (χ3n) is 1.33. The van der Waals surface area contributed by atoms with E-state index in [1.54, 1.807) is 0 Å². The van der Waals surface area contributed by atoms with Gasteiger partial charge in [-0.25, -0.2) is 0 Å². The molecule has 0 fully saturated rings. The largest absolute Gasteiger partial charge is 0.346 e. The van der Waals surface area contributed by atoms with Crippen LogP contribution < -0.4 is 11.8 Å². The number of nitrogens with one attached hydrogen (secondary N) is 1. The number of rotatable bonds is 4. The lowest BCUT2D eigenvalue weighted by Crippen LogP contribution is -2.18. The molecule has 1 rings (SSSR count). The van der Waals surface area contributed by atoms with Gasteiger partial charge in [0.15, 0.2) is 0 Å². The van der Waals surface area contributed by atoms with E-state index in [-0.39, 0.29) is 18.6 Å². The minimum Gasteiger partial charge on any atom is -0.346 e. The van der Waals surface area contributed by atoms with Gasteiger partial charge in [0.25, 0.3) is 0 Å². The molecule has 0 aliphatic rings. The second-order valence-electron chi connectivity index (χ2n) is 2.45. The topological polar surface area (TPSA) is 82.6 Å². The fourth-order valence-electron chi connectivity index (χ4n) is 0.775. The highest BCUT2D eigenvalue weighted by Gasteiger charge is 1.93. The van der Waals surface area contributed by atoms with Gasteiger partial charge >= 0.3 is 5.97 Å². The van der Waals surface area contributed by atoms with Gasteiger partial charge in [-0.3, -0.25) is 9.63 Å². The average molecular weight is 235 g/mol. The molecule has 4 N–H and O–H groups in total. The Morgan fingerprint density at radius 2 is 1.93 bits per heavy atom. The van der Waals surface area contributed by atoms with Crippen molar-refractivity contribution in [1.29, 1.82) is 0 Å². The zero-order valence-electron chi connectivity index (χ0n) is 8.43. The van der Waals surface area contributed by atoms with Crippen LogP contribution in [-0.4, -0.2) is 5.97 Å². The summed E-state index contributed by atoms with van der Waals surface area (Å²) in [6.07, 6.45) is 0. The molecule has 0 aromatic heterocycles. The SMILES string of the molecule is CC(=O)ONOCc1ccccc1.Cl.N. The average Bonchev–Trinajstić information content (AvgIpc) is 2.14. The number of hydrogen-bond donors (Lipinski definition) is 2. The first kappa shape index (κ1) is 16.3. The second-order valence-corrected chi connectivity index (χ2v) is 2.45. The van der Waals surface area contributed by atoms with Crippen molar-refractivity contribution >= 4 is 18.4 Å². The summed E-state index contributed by atoms with van der Waals surface area (Å²) in [6, 6.07) is 9.56. The van der Waals surface area contributed by atoms with Crippen molar-refractivity contribution in [2.45, 2.75) is 13.5 Å². The first-order chi connectivity index (χ1) is 6.29. The van der Waals surface area contributed by atoms with Crippen LogP contribution >= 0.6 is 12.4 Å². The molecule has 0 atom stereocenters. The highest BCUT2D eigenvalue weighted by molar-refractivity contribution is 5.85. The van der Waals surface area contributed by atoms with E-state index in [2.05, 4.69) is 10.5 Å². The Balaban J connectivity index is 0. The molecule has 6 heteroatoms. The Morgan fingerprint density at radius 3 is 2.47 bits per heavy atom. The van der Waals surface area contributed by atoms with Crippen LogP contribution in [0.3, 0.4) is 0 Å². The number of hydrogen-bond acceptors (Lipinski definition) is 5. The fraction of sp³-hybridized carbons (Fsp3) is 0.222. The van der Waals surface area contributed by atoms with Gasteiger partial charge in [-0.05, 0) is 11.2 Å². The molecule has 0 saturated carbocycles. The summed E-state index contributed by atoms with van der Waals surface area (Å²) in [5.41, 5.74) is 3.09. The number of carbonyl (C=O) groups is 1. The summed E-state index contributed by atoms with van der Waals surface area (Å²) in [4.78, 5) is 19.5. The van der Waals surface area contributed by atoms with Crippen molar-refractivity contribution in [3.8, 4) is 0 Å². The molecule has 0 bridgehead atoms. The molecular formula is C9H15ClN2O3. The molecule has 5 nitrogen and oxygen atoms in total. The molecule has 0 radical (unpaired) electrons. The molecule has 86 valence electrons. The summed E-state index contributed by atoms with van der Waals surface area (Å²) < 4.78 is 0. The van der Waals surface area contributed by atoms with Crippen LogP contribution in [0.5, 0.6) is 0 Å². The van der Waals surface area contributed by atoms with Crippen molar-refractivity contribution in [2.75, 3.05) is 0 Å². The maximum absolute atomic E-state index is 10.3. The molecule has 0 aliphatic carbocycles. The molecule has 15 heavy (non-hydrogen) atoms. The van der Waals surface area contributed by atoms with Gasteiger partial charge in [-0.1, -0.05) is 30.3 Å². The van der Waals surface area contributed by atoms with Crippen LogP contribution in [0.25, 0.3) is 0 Å². The molecule has 1 aromatic carbocycles. The van der Waals surface area contributed by atoms with E-state index in [1.807, 2.05) is 30.3 Å². The summed E-state index contributed by atoms with van der Waals surface area (Å²) in [5.74, 6) is -0.437. The maximum Gasteiger partial charge on any atom is 0.324 e. The lowest BCUT2D eigenvalue weighted by molar-refractivity contribution is -0.192. The number of halogens is 1. The third kappa shape index (κ3) is 7.90. The summed E-state index contributed by atoms with van der Waals surface area (Å²) in [5, 5.41) is 0. The molecule has 1 aromatic rings. The van der Waals surface area contributed by atoms with Gasteiger partial charge in [0.2, 0.25) is 0 Å². The summed E-state index contributed by atoms with van der Waals surface area (Å²) >= 11 is 0. The summed E-state index contributed by atoms with van der Waals surface area (Å²) in [7, 11) is 0. The second kappa shape index (κ2) is 9.42. The van der Waals surface area contributed by atoms with Gasteiger partial charge in [0, 0.05) is 6.92 Å². The first-order valence-electron chi connectivity index (χ1n) is 3.87. The van der Waals surface area contributed by atoms with Gasteiger partial charge < -0.3 is 11.0 Å². The Labute approximate surface area is 94.7 Å². The van der Waals surface area contributed by atoms with E-state index in [0.29, 0.717) is 6.61 Å². The smallest absolute Gasteiger partial charge is 0.324 e. The highest BCUT2D eigenvalue weighted by atomic mass is 35.5. The highest BCUT2D eigenvalue weighted by Crippen LogP contribution is 1.98. The molecule has 0 saturated heterocycles. The minimum atomic E-state index is -0.437. The Morgan fingerprint density at radius 1 is 1.33 bits per heavy atom. The van der Waals surface area contributed by atoms with E-state index < -0.39 is 5.97 Å². The van der Waals surface area contributed by atoms with Gasteiger partial charge in [0.1, 0.15) is 0 Å². The van der Waals surface area contributed by atoms with E-state index in [0.717, 1.165) is 5.56 Å². The van der Waals surface area contributed by atoms with Crippen molar-refractivity contribution in [2.24, 2.45) is 0 Å². The van der Waals surface area contributed by atoms with Crippen molar-refractivity contribution in [3.05, 3.63) is 35.9 Å². The zero-order valence-corrected chi connectivity index (χ0v) is 9.25.